The minimum Gasteiger partial charge on any atom is -0.478 e. The summed E-state index contributed by atoms with van der Waals surface area (Å²) in [6.07, 6.45) is 1.87. The number of carbonyl (C=O) groups excluding carboxylic acids is 2. The van der Waals surface area contributed by atoms with Crippen LogP contribution in [0.2, 0.25) is 10.0 Å². The third kappa shape index (κ3) is 5.55. The number of carboxylic acid groups (broad SMARTS) is 1. The number of hydrogen-bond acceptors (Lipinski definition) is 4. The van der Waals surface area contributed by atoms with Crippen molar-refractivity contribution in [3.63, 3.8) is 0 Å². The van der Waals surface area contributed by atoms with Crippen LogP contribution < -0.4 is 0 Å². The number of halogens is 3. The van der Waals surface area contributed by atoms with E-state index in [1.807, 2.05) is 6.07 Å². The molecular weight excluding hydrogens is 542 g/mol. The van der Waals surface area contributed by atoms with Gasteiger partial charge in [0.25, 0.3) is 5.91 Å². The van der Waals surface area contributed by atoms with E-state index in [1.54, 1.807) is 48.7 Å². The first kappa shape index (κ1) is 26.5. The van der Waals surface area contributed by atoms with Crippen LogP contribution in [0.1, 0.15) is 37.5 Å². The lowest BCUT2D eigenvalue weighted by Gasteiger charge is -2.29. The molecule has 2 heterocycles. The summed E-state index contributed by atoms with van der Waals surface area (Å²) >= 11 is 12.1. The minimum atomic E-state index is -1.17. The number of carboxylic acids is 1. The highest BCUT2D eigenvalue weighted by atomic mass is 35.5. The number of ketones is 1. The van der Waals surface area contributed by atoms with E-state index in [9.17, 15) is 23.9 Å². The fourth-order valence-electron chi connectivity index (χ4n) is 4.79. The number of Topliss-reactive ketones (excluding diaryl/α,β-unsaturated/α-hetero) is 1. The molecule has 0 saturated carbocycles. The Morgan fingerprint density at radius 1 is 1.00 bits per heavy atom. The number of hydrogen-bond donors (Lipinski definition) is 1. The average molecular weight is 563 g/mol. The molecular formula is C30H21Cl2FN2O4. The van der Waals surface area contributed by atoms with Crippen molar-refractivity contribution in [1.82, 2.24) is 9.88 Å². The van der Waals surface area contributed by atoms with Gasteiger partial charge in [-0.25, -0.2) is 9.18 Å². The summed E-state index contributed by atoms with van der Waals surface area (Å²) < 4.78 is 13.8. The van der Waals surface area contributed by atoms with Crippen LogP contribution in [0.4, 0.5) is 4.39 Å². The molecule has 0 spiro atoms. The van der Waals surface area contributed by atoms with E-state index >= 15 is 0 Å². The molecule has 196 valence electrons. The molecule has 1 atom stereocenters. The predicted octanol–water partition coefficient (Wildman–Crippen LogP) is 6.27. The lowest BCUT2D eigenvalue weighted by Crippen LogP contribution is -2.45. The molecule has 1 aromatic heterocycles. The molecule has 39 heavy (non-hydrogen) atoms. The van der Waals surface area contributed by atoms with Crippen LogP contribution in [0.3, 0.4) is 0 Å². The molecule has 6 nitrogen and oxygen atoms in total. The van der Waals surface area contributed by atoms with E-state index in [-0.39, 0.29) is 41.7 Å². The molecule has 0 fully saturated rings. The van der Waals surface area contributed by atoms with Crippen molar-refractivity contribution in [1.29, 1.82) is 0 Å². The van der Waals surface area contributed by atoms with E-state index in [2.05, 4.69) is 4.98 Å². The van der Waals surface area contributed by atoms with Gasteiger partial charge in [0.15, 0.2) is 5.78 Å². The quantitative estimate of drug-likeness (QED) is 0.299. The third-order valence-corrected chi connectivity index (χ3v) is 7.22. The Morgan fingerprint density at radius 3 is 2.54 bits per heavy atom. The van der Waals surface area contributed by atoms with Crippen molar-refractivity contribution < 1.29 is 23.9 Å². The summed E-state index contributed by atoms with van der Waals surface area (Å²) in [6.45, 7) is 0.0198. The molecule has 3 aromatic carbocycles. The first-order chi connectivity index (χ1) is 18.7. The topological polar surface area (TPSA) is 87.6 Å². The van der Waals surface area contributed by atoms with Crippen LogP contribution in [0.25, 0.3) is 11.1 Å². The number of nitrogens with zero attached hydrogens (tertiary/aromatic N) is 2. The molecule has 0 radical (unpaired) electrons. The Balaban J connectivity index is 1.59. The highest BCUT2D eigenvalue weighted by Gasteiger charge is 2.36. The number of pyridine rings is 1. The molecule has 5 rings (SSSR count). The van der Waals surface area contributed by atoms with Crippen LogP contribution in [-0.2, 0) is 24.2 Å². The van der Waals surface area contributed by atoms with Gasteiger partial charge in [0.2, 0.25) is 0 Å². The van der Waals surface area contributed by atoms with E-state index in [4.69, 9.17) is 23.2 Å². The summed E-state index contributed by atoms with van der Waals surface area (Å²) in [5.41, 5.74) is 2.87. The summed E-state index contributed by atoms with van der Waals surface area (Å²) in [6, 6.07) is 18.0. The fraction of sp³-hybridized carbons (Fsp3) is 0.133. The Morgan fingerprint density at radius 2 is 1.82 bits per heavy atom. The Bertz CT molecular complexity index is 1610. The van der Waals surface area contributed by atoms with E-state index in [0.29, 0.717) is 38.5 Å². The molecule has 0 unspecified atom stereocenters. The second kappa shape index (κ2) is 11.0. The van der Waals surface area contributed by atoms with Crippen molar-refractivity contribution in [2.24, 2.45) is 0 Å². The van der Waals surface area contributed by atoms with Gasteiger partial charge in [0.1, 0.15) is 5.82 Å². The summed E-state index contributed by atoms with van der Waals surface area (Å²) in [5.74, 6) is -2.31. The van der Waals surface area contributed by atoms with Crippen LogP contribution in [0.15, 0.2) is 79.0 Å². The Labute approximate surface area is 233 Å². The Kier molecular flexibility index (Phi) is 7.46. The van der Waals surface area contributed by atoms with E-state index in [1.165, 1.54) is 23.1 Å². The first-order valence-corrected chi connectivity index (χ1v) is 12.8. The normalized spacial score (nSPS) is 15.2. The molecule has 1 aliphatic heterocycles. The number of aromatic nitrogens is 1. The zero-order valence-electron chi connectivity index (χ0n) is 20.4. The fourth-order valence-corrected chi connectivity index (χ4v) is 5.17. The van der Waals surface area contributed by atoms with Crippen molar-refractivity contribution >= 4 is 40.9 Å². The van der Waals surface area contributed by atoms with Crippen LogP contribution in [0, 0.1) is 5.82 Å². The van der Waals surface area contributed by atoms with Crippen molar-refractivity contribution in [3.05, 3.63) is 123 Å². The highest BCUT2D eigenvalue weighted by Crippen LogP contribution is 2.31. The molecule has 9 heteroatoms. The average Bonchev–Trinajstić information content (AvgIpc) is 3.00. The van der Waals surface area contributed by atoms with Crippen molar-refractivity contribution in [2.75, 3.05) is 0 Å². The van der Waals surface area contributed by atoms with Gasteiger partial charge in [-0.05, 0) is 76.9 Å². The summed E-state index contributed by atoms with van der Waals surface area (Å²) in [7, 11) is 0. The van der Waals surface area contributed by atoms with Crippen LogP contribution >= 0.6 is 23.2 Å². The lowest BCUT2D eigenvalue weighted by molar-refractivity contribution is -0.122. The van der Waals surface area contributed by atoms with Crippen molar-refractivity contribution in [3.8, 4) is 11.1 Å². The molecule has 1 N–H and O–H groups in total. The second-order valence-electron chi connectivity index (χ2n) is 9.23. The van der Waals surface area contributed by atoms with Gasteiger partial charge in [-0.2, -0.15) is 0 Å². The SMILES string of the molecule is O=C(O)c1ccc(CN2C(=O)c3ccc(Cl)cc3CC(=O)[C@H]2Cc2ccccn2)cc1-c1ccc(F)c(Cl)c1. The number of amides is 1. The van der Waals surface area contributed by atoms with Gasteiger partial charge in [0.05, 0.1) is 16.6 Å². The molecule has 4 aromatic rings. The van der Waals surface area contributed by atoms with Gasteiger partial charge < -0.3 is 10.0 Å². The molecule has 1 amide bonds. The highest BCUT2D eigenvalue weighted by molar-refractivity contribution is 6.31. The number of rotatable bonds is 6. The lowest BCUT2D eigenvalue weighted by atomic mass is 9.96. The maximum absolute atomic E-state index is 13.9. The van der Waals surface area contributed by atoms with Crippen LogP contribution in [-0.4, -0.2) is 38.7 Å². The van der Waals surface area contributed by atoms with Gasteiger partial charge in [-0.1, -0.05) is 41.4 Å². The largest absolute Gasteiger partial charge is 0.478 e. The maximum Gasteiger partial charge on any atom is 0.336 e. The smallest absolute Gasteiger partial charge is 0.336 e. The molecule has 0 aliphatic carbocycles. The van der Waals surface area contributed by atoms with Gasteiger partial charge in [-0.15, -0.1) is 0 Å². The third-order valence-electron chi connectivity index (χ3n) is 6.70. The van der Waals surface area contributed by atoms with Gasteiger partial charge >= 0.3 is 5.97 Å². The summed E-state index contributed by atoms with van der Waals surface area (Å²) in [4.78, 5) is 45.2. The van der Waals surface area contributed by atoms with E-state index < -0.39 is 17.8 Å². The number of fused-ring (bicyclic) bond motifs is 1. The zero-order valence-corrected chi connectivity index (χ0v) is 21.9. The first-order valence-electron chi connectivity index (χ1n) is 12.0. The minimum absolute atomic E-state index is 0.00952. The molecule has 0 bridgehead atoms. The number of aromatic carboxylic acids is 1. The van der Waals surface area contributed by atoms with Crippen LogP contribution in [0.5, 0.6) is 0 Å². The molecule has 0 saturated heterocycles. The number of benzene rings is 3. The van der Waals surface area contributed by atoms with E-state index in [0.717, 1.165) is 6.07 Å². The van der Waals surface area contributed by atoms with Crippen molar-refractivity contribution in [2.45, 2.75) is 25.4 Å². The standard InChI is InChI=1S/C30H21Cl2FN2O4/c31-20-6-8-22-19(12-20)14-28(36)27(15-21-3-1-2-10-34-21)35(29(22)37)16-17-4-7-23(30(38)39)24(11-17)18-5-9-26(33)25(32)13-18/h1-13,27H,14-16H2,(H,38,39)/t27-/m1/s1. The van der Waals surface area contributed by atoms with Gasteiger partial charge in [-0.3, -0.25) is 14.6 Å². The maximum atomic E-state index is 13.9. The molecule has 1 aliphatic rings. The predicted molar refractivity (Wildman–Crippen MR) is 146 cm³/mol. The Hall–Kier alpha value is -4.07. The van der Waals surface area contributed by atoms with Gasteiger partial charge in [0, 0.05) is 41.9 Å². The second-order valence-corrected chi connectivity index (χ2v) is 10.1. The monoisotopic (exact) mass is 562 g/mol. The zero-order chi connectivity index (χ0) is 27.7. The number of carbonyl (C=O) groups is 3. The summed E-state index contributed by atoms with van der Waals surface area (Å²) in [5, 5.41) is 10.1.